The highest BCUT2D eigenvalue weighted by Gasteiger charge is 2.36. The number of hydrogen-bond donors (Lipinski definition) is 0. The van der Waals surface area contributed by atoms with Crippen LogP contribution in [-0.4, -0.2) is 63.2 Å². The summed E-state index contributed by atoms with van der Waals surface area (Å²) >= 11 is 0. The van der Waals surface area contributed by atoms with Crippen LogP contribution in [0.15, 0.2) is 0 Å². The van der Waals surface area contributed by atoms with E-state index in [2.05, 4.69) is 5.10 Å². The second-order valence-corrected chi connectivity index (χ2v) is 8.23. The molecular formula is C20H30N4O3. The fourth-order valence-electron chi connectivity index (χ4n) is 4.92. The Kier molecular flexibility index (Phi) is 4.97. The average Bonchev–Trinajstić information content (AvgIpc) is 2.98. The molecule has 4 rings (SSSR count). The Labute approximate surface area is 160 Å². The third-order valence-electron chi connectivity index (χ3n) is 6.25. The summed E-state index contributed by atoms with van der Waals surface area (Å²) in [4.78, 5) is 29.7. The summed E-state index contributed by atoms with van der Waals surface area (Å²) in [7, 11) is 1.81. The highest BCUT2D eigenvalue weighted by molar-refractivity contribution is 5.97. The van der Waals surface area contributed by atoms with E-state index in [9.17, 15) is 9.59 Å². The minimum absolute atomic E-state index is 0.0630. The molecule has 1 saturated carbocycles. The van der Waals surface area contributed by atoms with Gasteiger partial charge in [-0.15, -0.1) is 0 Å². The number of fused-ring (bicyclic) bond motifs is 1. The Bertz CT molecular complexity index is 738. The van der Waals surface area contributed by atoms with E-state index in [1.54, 1.807) is 9.58 Å². The number of aromatic nitrogens is 2. The summed E-state index contributed by atoms with van der Waals surface area (Å²) in [5, 5.41) is 4.54. The molecule has 2 amide bonds. The smallest absolute Gasteiger partial charge is 0.272 e. The van der Waals surface area contributed by atoms with Crippen molar-refractivity contribution in [3.63, 3.8) is 0 Å². The molecule has 1 saturated heterocycles. The Morgan fingerprint density at radius 3 is 2.59 bits per heavy atom. The Morgan fingerprint density at radius 2 is 1.89 bits per heavy atom. The van der Waals surface area contributed by atoms with Crippen LogP contribution in [0, 0.1) is 0 Å². The van der Waals surface area contributed by atoms with E-state index in [4.69, 9.17) is 4.74 Å². The van der Waals surface area contributed by atoms with Crippen molar-refractivity contribution in [3.8, 4) is 0 Å². The van der Waals surface area contributed by atoms with Crippen molar-refractivity contribution in [2.24, 2.45) is 7.05 Å². The molecule has 0 unspecified atom stereocenters. The van der Waals surface area contributed by atoms with E-state index in [1.807, 2.05) is 25.8 Å². The standard InChI is InChI=1S/C20H30N4O3/c1-13-11-16-18(14(2)27-13)21-22(3)19(16)20(26)23-9-10-24(17(25)12-23)15-7-5-4-6-8-15/h13-15H,4-12H2,1-3H3/t13-,14+/m1/s1. The monoisotopic (exact) mass is 374 g/mol. The van der Waals surface area contributed by atoms with Gasteiger partial charge in [0.15, 0.2) is 0 Å². The van der Waals surface area contributed by atoms with E-state index >= 15 is 0 Å². The lowest BCUT2D eigenvalue weighted by Gasteiger charge is -2.40. The second-order valence-electron chi connectivity index (χ2n) is 8.23. The van der Waals surface area contributed by atoms with Crippen molar-refractivity contribution in [3.05, 3.63) is 17.0 Å². The molecule has 0 aromatic carbocycles. The second kappa shape index (κ2) is 7.26. The minimum Gasteiger partial charge on any atom is -0.369 e. The van der Waals surface area contributed by atoms with Gasteiger partial charge in [-0.1, -0.05) is 19.3 Å². The maximum atomic E-state index is 13.2. The summed E-state index contributed by atoms with van der Waals surface area (Å²) in [5.74, 6) is 0.00630. The molecule has 7 nitrogen and oxygen atoms in total. The van der Waals surface area contributed by atoms with Gasteiger partial charge in [0.2, 0.25) is 5.91 Å². The average molecular weight is 374 g/mol. The number of ether oxygens (including phenoxy) is 1. The van der Waals surface area contributed by atoms with Crippen LogP contribution in [0.25, 0.3) is 0 Å². The number of carbonyl (C=O) groups excluding carboxylic acids is 2. The van der Waals surface area contributed by atoms with Crippen molar-refractivity contribution in [2.45, 2.75) is 70.6 Å². The maximum Gasteiger partial charge on any atom is 0.272 e. The fraction of sp³-hybridized carbons (Fsp3) is 0.750. The molecule has 7 heteroatoms. The van der Waals surface area contributed by atoms with Crippen LogP contribution >= 0.6 is 0 Å². The molecule has 1 aromatic heterocycles. The number of amides is 2. The molecule has 148 valence electrons. The van der Waals surface area contributed by atoms with Gasteiger partial charge in [0.25, 0.3) is 5.91 Å². The fourth-order valence-corrected chi connectivity index (χ4v) is 4.92. The van der Waals surface area contributed by atoms with Gasteiger partial charge in [-0.2, -0.15) is 5.10 Å². The molecule has 2 fully saturated rings. The summed E-state index contributed by atoms with van der Waals surface area (Å²) in [6.45, 7) is 5.42. The first-order valence-electron chi connectivity index (χ1n) is 10.3. The lowest BCUT2D eigenvalue weighted by atomic mass is 9.93. The topological polar surface area (TPSA) is 67.7 Å². The molecule has 3 aliphatic rings. The van der Waals surface area contributed by atoms with Crippen LogP contribution in [0.1, 0.15) is 73.8 Å². The van der Waals surface area contributed by atoms with Crippen molar-refractivity contribution >= 4 is 11.8 Å². The lowest BCUT2D eigenvalue weighted by Crippen LogP contribution is -2.56. The van der Waals surface area contributed by atoms with Crippen LogP contribution < -0.4 is 0 Å². The van der Waals surface area contributed by atoms with Crippen LogP contribution in [-0.2, 0) is 23.0 Å². The predicted octanol–water partition coefficient (Wildman–Crippen LogP) is 2.06. The molecule has 2 atom stereocenters. The maximum absolute atomic E-state index is 13.2. The first-order chi connectivity index (χ1) is 13.0. The van der Waals surface area contributed by atoms with Crippen molar-refractivity contribution in [1.29, 1.82) is 0 Å². The van der Waals surface area contributed by atoms with E-state index in [-0.39, 0.29) is 30.6 Å². The van der Waals surface area contributed by atoms with Crippen molar-refractivity contribution < 1.29 is 14.3 Å². The zero-order valence-corrected chi connectivity index (χ0v) is 16.6. The van der Waals surface area contributed by atoms with Gasteiger partial charge in [0, 0.05) is 38.2 Å². The van der Waals surface area contributed by atoms with Gasteiger partial charge in [-0.05, 0) is 26.7 Å². The van der Waals surface area contributed by atoms with Gasteiger partial charge in [-0.25, -0.2) is 0 Å². The number of carbonyl (C=O) groups is 2. The molecule has 0 radical (unpaired) electrons. The Balaban J connectivity index is 1.51. The van der Waals surface area contributed by atoms with Gasteiger partial charge in [0.1, 0.15) is 12.2 Å². The summed E-state index contributed by atoms with van der Waals surface area (Å²) in [6.07, 6.45) is 6.53. The zero-order chi connectivity index (χ0) is 19.1. The molecule has 2 aliphatic heterocycles. The molecule has 3 heterocycles. The van der Waals surface area contributed by atoms with Crippen molar-refractivity contribution in [1.82, 2.24) is 19.6 Å². The Morgan fingerprint density at radius 1 is 1.15 bits per heavy atom. The van der Waals surface area contributed by atoms with E-state index in [0.29, 0.717) is 31.2 Å². The van der Waals surface area contributed by atoms with Gasteiger partial charge >= 0.3 is 0 Å². The van der Waals surface area contributed by atoms with Gasteiger partial charge < -0.3 is 14.5 Å². The molecule has 1 aliphatic carbocycles. The molecule has 0 N–H and O–H groups in total. The largest absolute Gasteiger partial charge is 0.369 e. The predicted molar refractivity (Wildman–Crippen MR) is 100 cm³/mol. The first-order valence-corrected chi connectivity index (χ1v) is 10.3. The van der Waals surface area contributed by atoms with Crippen LogP contribution in [0.5, 0.6) is 0 Å². The minimum atomic E-state index is -0.110. The quantitative estimate of drug-likeness (QED) is 0.795. The zero-order valence-electron chi connectivity index (χ0n) is 16.6. The third-order valence-corrected chi connectivity index (χ3v) is 6.25. The number of hydrogen-bond acceptors (Lipinski definition) is 4. The molecule has 0 spiro atoms. The molecule has 0 bridgehead atoms. The normalized spacial score (nSPS) is 27.0. The lowest BCUT2D eigenvalue weighted by molar-refractivity contribution is -0.138. The number of nitrogens with zero attached hydrogens (tertiary/aromatic N) is 4. The molecular weight excluding hydrogens is 344 g/mol. The van der Waals surface area contributed by atoms with E-state index in [0.717, 1.165) is 24.1 Å². The van der Waals surface area contributed by atoms with Gasteiger partial charge in [-0.3, -0.25) is 14.3 Å². The Hall–Kier alpha value is -1.89. The summed E-state index contributed by atoms with van der Waals surface area (Å²) in [5.41, 5.74) is 2.45. The van der Waals surface area contributed by atoms with Crippen molar-refractivity contribution in [2.75, 3.05) is 19.6 Å². The SMILES string of the molecule is C[C@@H]1Cc2c(nn(C)c2C(=O)N2CCN(C3CCCCC3)C(=O)C2)[C@H](C)O1. The van der Waals surface area contributed by atoms with E-state index in [1.165, 1.54) is 19.3 Å². The molecule has 1 aromatic rings. The van der Waals surface area contributed by atoms with E-state index < -0.39 is 0 Å². The van der Waals surface area contributed by atoms with Gasteiger partial charge in [0.05, 0.1) is 17.9 Å². The highest BCUT2D eigenvalue weighted by Crippen LogP contribution is 2.32. The third kappa shape index (κ3) is 3.37. The summed E-state index contributed by atoms with van der Waals surface area (Å²) in [6, 6.07) is 0.367. The van der Waals surface area contributed by atoms with Crippen LogP contribution in [0.3, 0.4) is 0 Å². The number of piperazine rings is 1. The molecule has 27 heavy (non-hydrogen) atoms. The first kappa shape index (κ1) is 18.5. The summed E-state index contributed by atoms with van der Waals surface area (Å²) < 4.78 is 7.51. The number of rotatable bonds is 2. The van der Waals surface area contributed by atoms with Crippen LogP contribution in [0.4, 0.5) is 0 Å². The number of aryl methyl sites for hydroxylation is 1. The highest BCUT2D eigenvalue weighted by atomic mass is 16.5. The van der Waals surface area contributed by atoms with Crippen LogP contribution in [0.2, 0.25) is 0 Å².